The second-order valence-corrected chi connectivity index (χ2v) is 5.29. The zero-order valence-corrected chi connectivity index (χ0v) is 14.8. The number of nitrogens with zero attached hydrogens (tertiary/aromatic N) is 1. The molecule has 0 N–H and O–H groups in total. The summed E-state index contributed by atoms with van der Waals surface area (Å²) in [7, 11) is 0. The van der Waals surface area contributed by atoms with Gasteiger partial charge in [-0.05, 0) is 46.1 Å². The van der Waals surface area contributed by atoms with E-state index in [2.05, 4.69) is 77.3 Å². The van der Waals surface area contributed by atoms with Crippen LogP contribution >= 0.6 is 0 Å². The highest BCUT2D eigenvalue weighted by Crippen LogP contribution is 2.12. The molecule has 1 heteroatoms. The average molecular weight is 287 g/mol. The van der Waals surface area contributed by atoms with Crippen molar-refractivity contribution >= 4 is 6.21 Å². The lowest BCUT2D eigenvalue weighted by atomic mass is 10.0. The van der Waals surface area contributed by atoms with Gasteiger partial charge in [-0.3, -0.25) is 4.99 Å². The third kappa shape index (κ3) is 8.49. The minimum absolute atomic E-state index is 0.228. The molecule has 0 aliphatic rings. The van der Waals surface area contributed by atoms with Crippen LogP contribution in [0.1, 0.15) is 60.8 Å². The second kappa shape index (κ2) is 12.4. The standard InChI is InChI=1S/C20H33N/c1-7-12-19(15-14-18(9-3)10-4)16-21-17(6)20(11-5)13-8-2/h8-9,11,13-17,19H,7,10,12H2,1-6H3/b13-8-,15-14-,18-9-,20-11+,21-16+. The van der Waals surface area contributed by atoms with Crippen LogP contribution in [0.15, 0.2) is 52.6 Å². The maximum atomic E-state index is 4.75. The van der Waals surface area contributed by atoms with Gasteiger partial charge in [-0.1, -0.05) is 62.3 Å². The van der Waals surface area contributed by atoms with Gasteiger partial charge in [0.25, 0.3) is 0 Å². The van der Waals surface area contributed by atoms with Crippen LogP contribution in [-0.2, 0) is 0 Å². The van der Waals surface area contributed by atoms with Gasteiger partial charge in [0.1, 0.15) is 0 Å². The summed E-state index contributed by atoms with van der Waals surface area (Å²) in [6.07, 6.45) is 18.6. The van der Waals surface area contributed by atoms with Gasteiger partial charge in [0.2, 0.25) is 0 Å². The summed E-state index contributed by atoms with van der Waals surface area (Å²) < 4.78 is 0. The summed E-state index contributed by atoms with van der Waals surface area (Å²) in [4.78, 5) is 4.75. The Hall–Kier alpha value is -1.37. The Bertz CT molecular complexity index is 408. The van der Waals surface area contributed by atoms with Gasteiger partial charge >= 0.3 is 0 Å². The Morgan fingerprint density at radius 1 is 1.05 bits per heavy atom. The highest BCUT2D eigenvalue weighted by molar-refractivity contribution is 5.64. The van der Waals surface area contributed by atoms with Crippen molar-refractivity contribution in [1.29, 1.82) is 0 Å². The molecule has 118 valence electrons. The number of allylic oxidation sites excluding steroid dienone is 6. The molecule has 0 saturated carbocycles. The summed E-state index contributed by atoms with van der Waals surface area (Å²) in [5.41, 5.74) is 2.66. The fourth-order valence-corrected chi connectivity index (χ4v) is 2.21. The topological polar surface area (TPSA) is 12.4 Å². The molecule has 2 atom stereocenters. The Kier molecular flexibility index (Phi) is 11.6. The van der Waals surface area contributed by atoms with Gasteiger partial charge < -0.3 is 0 Å². The molecule has 0 rings (SSSR count). The molecule has 0 aromatic carbocycles. The summed E-state index contributed by atoms with van der Waals surface area (Å²) in [6.45, 7) is 12.8. The van der Waals surface area contributed by atoms with Crippen molar-refractivity contribution in [3.8, 4) is 0 Å². The van der Waals surface area contributed by atoms with Crippen molar-refractivity contribution in [2.75, 3.05) is 0 Å². The fraction of sp³-hybridized carbons (Fsp3) is 0.550. The zero-order valence-electron chi connectivity index (χ0n) is 14.8. The molecule has 1 nitrogen and oxygen atoms in total. The van der Waals surface area contributed by atoms with Crippen LogP contribution in [-0.4, -0.2) is 12.3 Å². The van der Waals surface area contributed by atoms with E-state index in [1.54, 1.807) is 0 Å². The largest absolute Gasteiger partial charge is 0.289 e. The van der Waals surface area contributed by atoms with Crippen molar-refractivity contribution in [3.05, 3.63) is 47.6 Å². The molecular weight excluding hydrogens is 254 g/mol. The summed E-state index contributed by atoms with van der Waals surface area (Å²) in [6, 6.07) is 0.228. The van der Waals surface area contributed by atoms with Gasteiger partial charge in [-0.25, -0.2) is 0 Å². The van der Waals surface area contributed by atoms with Crippen LogP contribution in [0, 0.1) is 5.92 Å². The molecule has 21 heavy (non-hydrogen) atoms. The SMILES string of the molecule is C/C=C\C(=C/C)C(C)/N=C/C(/C=C\C(=C/C)CC)CCC. The normalized spacial score (nSPS) is 17.2. The van der Waals surface area contributed by atoms with Crippen molar-refractivity contribution in [3.63, 3.8) is 0 Å². The molecule has 0 heterocycles. The zero-order chi connectivity index (χ0) is 16.1. The smallest absolute Gasteiger partial charge is 0.0713 e. The fourth-order valence-electron chi connectivity index (χ4n) is 2.21. The van der Waals surface area contributed by atoms with Crippen LogP contribution in [0.5, 0.6) is 0 Å². The lowest BCUT2D eigenvalue weighted by Crippen LogP contribution is -2.05. The maximum absolute atomic E-state index is 4.75. The number of hydrogen-bond donors (Lipinski definition) is 0. The van der Waals surface area contributed by atoms with Crippen LogP contribution in [0.4, 0.5) is 0 Å². The van der Waals surface area contributed by atoms with Gasteiger partial charge in [0.05, 0.1) is 6.04 Å². The number of aliphatic imine (C=N–C) groups is 1. The molecule has 0 fully saturated rings. The van der Waals surface area contributed by atoms with E-state index in [0.717, 1.165) is 12.8 Å². The first-order chi connectivity index (χ1) is 10.1. The van der Waals surface area contributed by atoms with E-state index in [-0.39, 0.29) is 6.04 Å². The first-order valence-corrected chi connectivity index (χ1v) is 8.28. The Morgan fingerprint density at radius 3 is 2.24 bits per heavy atom. The average Bonchev–Trinajstić information content (AvgIpc) is 2.50. The molecular formula is C20H33N. The molecule has 0 aliphatic carbocycles. The van der Waals surface area contributed by atoms with Gasteiger partial charge in [0, 0.05) is 12.1 Å². The van der Waals surface area contributed by atoms with E-state index in [9.17, 15) is 0 Å². The molecule has 0 spiro atoms. The number of rotatable bonds is 9. The lowest BCUT2D eigenvalue weighted by Gasteiger charge is -2.10. The van der Waals surface area contributed by atoms with Crippen molar-refractivity contribution < 1.29 is 0 Å². The first-order valence-electron chi connectivity index (χ1n) is 8.28. The van der Waals surface area contributed by atoms with Crippen LogP contribution < -0.4 is 0 Å². The van der Waals surface area contributed by atoms with Crippen LogP contribution in [0.3, 0.4) is 0 Å². The van der Waals surface area contributed by atoms with Gasteiger partial charge in [-0.15, -0.1) is 0 Å². The highest BCUT2D eigenvalue weighted by atomic mass is 14.8. The molecule has 0 radical (unpaired) electrons. The Balaban J connectivity index is 4.87. The molecule has 0 amide bonds. The monoisotopic (exact) mass is 287 g/mol. The van der Waals surface area contributed by atoms with E-state index in [4.69, 9.17) is 4.99 Å². The predicted octanol–water partition coefficient (Wildman–Crippen LogP) is 6.30. The highest BCUT2D eigenvalue weighted by Gasteiger charge is 2.04. The first kappa shape index (κ1) is 19.6. The Morgan fingerprint density at radius 2 is 1.76 bits per heavy atom. The minimum atomic E-state index is 0.228. The van der Waals surface area contributed by atoms with Crippen molar-refractivity contribution in [2.24, 2.45) is 10.9 Å². The van der Waals surface area contributed by atoms with Crippen molar-refractivity contribution in [1.82, 2.24) is 0 Å². The molecule has 0 aliphatic heterocycles. The van der Waals surface area contributed by atoms with Crippen molar-refractivity contribution in [2.45, 2.75) is 66.8 Å². The molecule has 0 bridgehead atoms. The van der Waals surface area contributed by atoms with Gasteiger partial charge in [0.15, 0.2) is 0 Å². The molecule has 0 aromatic heterocycles. The minimum Gasteiger partial charge on any atom is -0.289 e. The van der Waals surface area contributed by atoms with Crippen LogP contribution in [0.25, 0.3) is 0 Å². The third-order valence-corrected chi connectivity index (χ3v) is 3.63. The van der Waals surface area contributed by atoms with Crippen LogP contribution in [0.2, 0.25) is 0 Å². The lowest BCUT2D eigenvalue weighted by molar-refractivity contribution is 0.723. The van der Waals surface area contributed by atoms with E-state index in [1.807, 2.05) is 6.92 Å². The summed E-state index contributed by atoms with van der Waals surface area (Å²) in [5, 5.41) is 0. The van der Waals surface area contributed by atoms with E-state index < -0.39 is 0 Å². The van der Waals surface area contributed by atoms with E-state index in [0.29, 0.717) is 5.92 Å². The maximum Gasteiger partial charge on any atom is 0.0713 e. The second-order valence-electron chi connectivity index (χ2n) is 5.29. The molecule has 0 aromatic rings. The Labute approximate surface area is 132 Å². The molecule has 0 saturated heterocycles. The van der Waals surface area contributed by atoms with Gasteiger partial charge in [-0.2, -0.15) is 0 Å². The third-order valence-electron chi connectivity index (χ3n) is 3.63. The predicted molar refractivity (Wildman–Crippen MR) is 98.1 cm³/mol. The quantitative estimate of drug-likeness (QED) is 0.349. The van der Waals surface area contributed by atoms with E-state index >= 15 is 0 Å². The number of hydrogen-bond acceptors (Lipinski definition) is 1. The summed E-state index contributed by atoms with van der Waals surface area (Å²) in [5.74, 6) is 0.433. The summed E-state index contributed by atoms with van der Waals surface area (Å²) >= 11 is 0. The van der Waals surface area contributed by atoms with E-state index in [1.165, 1.54) is 17.6 Å². The molecule has 2 unspecified atom stereocenters.